The highest BCUT2D eigenvalue weighted by Crippen LogP contribution is 2.58. The largest absolute Gasteiger partial charge is 0.464 e. The maximum absolute atomic E-state index is 6.98. The minimum atomic E-state index is -0.324. The average Bonchev–Trinajstić information content (AvgIpc) is 3.94. The van der Waals surface area contributed by atoms with Gasteiger partial charge in [0, 0.05) is 50.0 Å². The Balaban J connectivity index is 1.31. The molecule has 0 amide bonds. The number of rotatable bonds is 4. The van der Waals surface area contributed by atoms with Gasteiger partial charge in [0.15, 0.2) is 0 Å². The second-order valence-electron chi connectivity index (χ2n) is 14.5. The third kappa shape index (κ3) is 3.85. The maximum atomic E-state index is 6.98. The van der Waals surface area contributed by atoms with Crippen molar-refractivity contribution in [1.29, 1.82) is 0 Å². The average molecular weight is 672 g/mol. The van der Waals surface area contributed by atoms with Crippen LogP contribution in [-0.2, 0) is 5.41 Å². The van der Waals surface area contributed by atoms with E-state index in [0.29, 0.717) is 0 Å². The van der Waals surface area contributed by atoms with E-state index in [9.17, 15) is 0 Å². The summed E-state index contributed by atoms with van der Waals surface area (Å²) in [6, 6.07) is 47.5. The Morgan fingerprint density at radius 2 is 1.40 bits per heavy atom. The molecule has 11 rings (SSSR count). The van der Waals surface area contributed by atoms with Gasteiger partial charge in [-0.25, -0.2) is 4.98 Å². The van der Waals surface area contributed by atoms with Crippen LogP contribution in [0.1, 0.15) is 30.5 Å². The smallest absolute Gasteiger partial charge is 0.145 e. The molecule has 5 heteroatoms. The van der Waals surface area contributed by atoms with Crippen molar-refractivity contribution in [3.63, 3.8) is 0 Å². The minimum absolute atomic E-state index is 0.324. The van der Waals surface area contributed by atoms with Crippen LogP contribution in [0.2, 0.25) is 0 Å². The summed E-state index contributed by atoms with van der Waals surface area (Å²) < 4.78 is 15.6. The number of nitrogens with zero attached hydrogens (tertiary/aromatic N) is 3. The van der Waals surface area contributed by atoms with Gasteiger partial charge in [0.25, 0.3) is 0 Å². The molecule has 4 aromatic heterocycles. The van der Waals surface area contributed by atoms with Crippen molar-refractivity contribution in [2.24, 2.45) is 0 Å². The van der Waals surface area contributed by atoms with Crippen LogP contribution >= 0.6 is 0 Å². The third-order valence-electron chi connectivity index (χ3n) is 11.1. The van der Waals surface area contributed by atoms with Gasteiger partial charge in [-0.05, 0) is 78.2 Å². The van der Waals surface area contributed by atoms with Gasteiger partial charge in [-0.3, -0.25) is 4.90 Å². The standard InChI is InChI=1S/C47H33N3O2/c1-28-20-23-40(48-27-28)50(37-18-11-17-36-41(37)31-14-7-9-16-35(31)49(36)30-12-5-4-6-13-30)38-26-34-44(46-42(38)32-15-8-10-19-39(32)52-46)43-33(47(34,2)3)22-21-29-24-25-51-45(29)43/h4-27H,1-3H3. The van der Waals surface area contributed by atoms with Crippen molar-refractivity contribution in [3.05, 3.63) is 163 Å². The molecule has 10 aromatic rings. The molecule has 0 radical (unpaired) electrons. The lowest BCUT2D eigenvalue weighted by Gasteiger charge is -2.29. The van der Waals surface area contributed by atoms with Gasteiger partial charge >= 0.3 is 0 Å². The lowest BCUT2D eigenvalue weighted by molar-refractivity contribution is 0.614. The Labute approximate surface area is 300 Å². The lowest BCUT2D eigenvalue weighted by Crippen LogP contribution is -2.17. The molecule has 52 heavy (non-hydrogen) atoms. The van der Waals surface area contributed by atoms with E-state index < -0.39 is 0 Å². The summed E-state index contributed by atoms with van der Waals surface area (Å²) in [5.74, 6) is 0.836. The van der Waals surface area contributed by atoms with Crippen molar-refractivity contribution >= 4 is 71.9 Å². The Morgan fingerprint density at radius 1 is 0.635 bits per heavy atom. The molecule has 5 nitrogen and oxygen atoms in total. The van der Waals surface area contributed by atoms with Crippen molar-refractivity contribution in [2.75, 3.05) is 4.90 Å². The first-order valence-corrected chi connectivity index (χ1v) is 17.8. The highest BCUT2D eigenvalue weighted by atomic mass is 16.3. The van der Waals surface area contributed by atoms with E-state index in [4.69, 9.17) is 13.8 Å². The zero-order valence-corrected chi connectivity index (χ0v) is 29.0. The number of hydrogen-bond acceptors (Lipinski definition) is 4. The van der Waals surface area contributed by atoms with Crippen molar-refractivity contribution < 1.29 is 8.83 Å². The molecular weight excluding hydrogens is 639 g/mol. The number of benzene rings is 6. The monoisotopic (exact) mass is 671 g/mol. The lowest BCUT2D eigenvalue weighted by atomic mass is 9.82. The Kier molecular flexibility index (Phi) is 5.87. The van der Waals surface area contributed by atoms with Crippen molar-refractivity contribution in [1.82, 2.24) is 9.55 Å². The highest BCUT2D eigenvalue weighted by molar-refractivity contribution is 6.22. The molecular formula is C47H33N3O2. The fraction of sp³-hybridized carbons (Fsp3) is 0.0851. The van der Waals surface area contributed by atoms with E-state index in [0.717, 1.165) is 88.9 Å². The van der Waals surface area contributed by atoms with Crippen LogP contribution < -0.4 is 4.90 Å². The SMILES string of the molecule is Cc1ccc(N(c2cc3c(c4oc5ccccc5c24)-c2c(ccc4ccoc24)C3(C)C)c2cccc3c2c2ccccc2n3-c2ccccc2)nc1. The van der Waals surface area contributed by atoms with Gasteiger partial charge in [-0.1, -0.05) is 92.7 Å². The Hall–Kier alpha value is -6.59. The van der Waals surface area contributed by atoms with Crippen LogP contribution in [0.15, 0.2) is 155 Å². The van der Waals surface area contributed by atoms with E-state index in [-0.39, 0.29) is 5.41 Å². The number of fused-ring (bicyclic) bond motifs is 12. The Bertz CT molecular complexity index is 3050. The molecule has 0 bridgehead atoms. The second kappa shape index (κ2) is 10.5. The summed E-state index contributed by atoms with van der Waals surface area (Å²) in [4.78, 5) is 7.49. The van der Waals surface area contributed by atoms with E-state index in [2.05, 4.69) is 152 Å². The first-order valence-electron chi connectivity index (χ1n) is 17.8. The molecule has 0 N–H and O–H groups in total. The van der Waals surface area contributed by atoms with Crippen molar-refractivity contribution in [3.8, 4) is 16.8 Å². The van der Waals surface area contributed by atoms with Crippen LogP contribution in [0.25, 0.3) is 71.5 Å². The number of hydrogen-bond donors (Lipinski definition) is 0. The predicted octanol–water partition coefficient (Wildman–Crippen LogP) is 12.9. The molecule has 0 fully saturated rings. The highest BCUT2D eigenvalue weighted by Gasteiger charge is 2.41. The van der Waals surface area contributed by atoms with E-state index in [1.807, 2.05) is 18.3 Å². The van der Waals surface area contributed by atoms with Gasteiger partial charge in [-0.15, -0.1) is 0 Å². The topological polar surface area (TPSA) is 47.3 Å². The van der Waals surface area contributed by atoms with E-state index in [1.54, 1.807) is 6.26 Å². The van der Waals surface area contributed by atoms with Gasteiger partial charge < -0.3 is 13.4 Å². The first kappa shape index (κ1) is 29.2. The summed E-state index contributed by atoms with van der Waals surface area (Å²) in [5, 5.41) is 5.53. The van der Waals surface area contributed by atoms with Gasteiger partial charge in [0.1, 0.15) is 22.6 Å². The van der Waals surface area contributed by atoms with E-state index >= 15 is 0 Å². The van der Waals surface area contributed by atoms with E-state index in [1.165, 1.54) is 16.5 Å². The van der Waals surface area contributed by atoms with Crippen molar-refractivity contribution in [2.45, 2.75) is 26.2 Å². The number of pyridine rings is 1. The number of aromatic nitrogens is 2. The molecule has 0 aliphatic heterocycles. The number of anilines is 3. The second-order valence-corrected chi connectivity index (χ2v) is 14.5. The molecule has 4 heterocycles. The normalized spacial score (nSPS) is 13.4. The summed E-state index contributed by atoms with van der Waals surface area (Å²) in [6.07, 6.45) is 3.75. The summed E-state index contributed by atoms with van der Waals surface area (Å²) in [7, 11) is 0. The molecule has 6 aromatic carbocycles. The van der Waals surface area contributed by atoms with Crippen LogP contribution in [0.4, 0.5) is 17.2 Å². The van der Waals surface area contributed by atoms with Gasteiger partial charge in [0.05, 0.1) is 34.1 Å². The molecule has 1 aliphatic carbocycles. The summed E-state index contributed by atoms with van der Waals surface area (Å²) in [6.45, 7) is 6.71. The number of aryl methyl sites for hydroxylation is 1. The van der Waals surface area contributed by atoms with Crippen LogP contribution in [0, 0.1) is 6.92 Å². The molecule has 1 aliphatic rings. The maximum Gasteiger partial charge on any atom is 0.145 e. The summed E-state index contributed by atoms with van der Waals surface area (Å²) in [5.41, 5.74) is 13.5. The molecule has 0 spiro atoms. The number of para-hydroxylation sites is 3. The predicted molar refractivity (Wildman–Crippen MR) is 213 cm³/mol. The van der Waals surface area contributed by atoms with Crippen LogP contribution in [0.5, 0.6) is 0 Å². The summed E-state index contributed by atoms with van der Waals surface area (Å²) >= 11 is 0. The zero-order valence-electron chi connectivity index (χ0n) is 29.0. The fourth-order valence-electron chi connectivity index (χ4n) is 8.75. The molecule has 0 saturated carbocycles. The molecule has 0 atom stereocenters. The first-order chi connectivity index (χ1) is 25.5. The molecule has 0 unspecified atom stereocenters. The zero-order chi connectivity index (χ0) is 34.7. The van der Waals surface area contributed by atoms with Crippen LogP contribution in [-0.4, -0.2) is 9.55 Å². The number of furan rings is 2. The molecule has 0 saturated heterocycles. The van der Waals surface area contributed by atoms with Gasteiger partial charge in [-0.2, -0.15) is 0 Å². The quantitative estimate of drug-likeness (QED) is 0.187. The minimum Gasteiger partial charge on any atom is -0.464 e. The van der Waals surface area contributed by atoms with Gasteiger partial charge in [0.2, 0.25) is 0 Å². The fourth-order valence-corrected chi connectivity index (χ4v) is 8.75. The Morgan fingerprint density at radius 3 is 2.25 bits per heavy atom. The van der Waals surface area contributed by atoms with Crippen LogP contribution in [0.3, 0.4) is 0 Å². The third-order valence-corrected chi connectivity index (χ3v) is 11.1. The molecule has 248 valence electrons.